The number of aliphatic hydroxyl groups is 1. The van der Waals surface area contributed by atoms with Gasteiger partial charge in [-0.05, 0) is 111 Å². The molecule has 0 saturated heterocycles. The Labute approximate surface area is 289 Å². The maximum absolute atomic E-state index is 10.5. The monoisotopic (exact) mass is 644 g/mol. The van der Waals surface area contributed by atoms with Crippen molar-refractivity contribution in [2.24, 2.45) is 0 Å². The summed E-state index contributed by atoms with van der Waals surface area (Å²) in [7, 11) is 4.18. The molecule has 46 heavy (non-hydrogen) atoms. The molecule has 0 aliphatic heterocycles. The first kappa shape index (κ1) is 44.8. The summed E-state index contributed by atoms with van der Waals surface area (Å²) in [5, 5.41) is 10.5. The molecule has 0 amide bonds. The Bertz CT molecular complexity index is 647. The van der Waals surface area contributed by atoms with Gasteiger partial charge in [0.1, 0.15) is 0 Å². The van der Waals surface area contributed by atoms with Gasteiger partial charge in [-0.3, -0.25) is 0 Å². The third kappa shape index (κ3) is 37.3. The Morgan fingerprint density at radius 1 is 0.457 bits per heavy atom. The molecule has 0 spiro atoms. The van der Waals surface area contributed by atoms with Crippen LogP contribution in [0, 0.1) is 0 Å². The standard InChI is InChI=1S/C43H81NO2/c1-5-7-9-11-13-15-17-19-21-23-25-27-29-31-33-35-38-42(46-43(45)40-37-41-44(3)4)39-36-34-32-30-28-26-24-22-20-18-16-14-12-10-8-6-2/h13-16,19-22,42-43,45H,5-12,17-18,23-41H2,1-4H3/b15-13-,16-14-,21-19-,22-20-. The number of hydrogen-bond acceptors (Lipinski definition) is 3. The molecule has 0 aromatic carbocycles. The van der Waals surface area contributed by atoms with E-state index in [-0.39, 0.29) is 6.10 Å². The van der Waals surface area contributed by atoms with Crippen LogP contribution in [-0.4, -0.2) is 43.0 Å². The second-order valence-electron chi connectivity index (χ2n) is 13.9. The van der Waals surface area contributed by atoms with Crippen LogP contribution in [0.2, 0.25) is 0 Å². The number of aliphatic hydroxyl groups excluding tert-OH is 1. The molecule has 0 radical (unpaired) electrons. The van der Waals surface area contributed by atoms with Crippen molar-refractivity contribution in [3.05, 3.63) is 48.6 Å². The molecule has 0 saturated carbocycles. The number of rotatable bonds is 36. The lowest BCUT2D eigenvalue weighted by molar-refractivity contribution is -0.144. The van der Waals surface area contributed by atoms with Crippen molar-refractivity contribution in [1.82, 2.24) is 4.90 Å². The van der Waals surface area contributed by atoms with Crippen LogP contribution in [0.15, 0.2) is 48.6 Å². The van der Waals surface area contributed by atoms with Crippen LogP contribution in [-0.2, 0) is 4.74 Å². The summed E-state index contributed by atoms with van der Waals surface area (Å²) in [5.41, 5.74) is 0. The lowest BCUT2D eigenvalue weighted by Crippen LogP contribution is -2.23. The topological polar surface area (TPSA) is 32.7 Å². The molecule has 3 heteroatoms. The second-order valence-corrected chi connectivity index (χ2v) is 13.9. The molecular weight excluding hydrogens is 562 g/mol. The van der Waals surface area contributed by atoms with Gasteiger partial charge in [0.2, 0.25) is 0 Å². The van der Waals surface area contributed by atoms with E-state index in [1.165, 1.54) is 141 Å². The van der Waals surface area contributed by atoms with Crippen molar-refractivity contribution in [3.8, 4) is 0 Å². The van der Waals surface area contributed by atoms with Gasteiger partial charge in [-0.1, -0.05) is 152 Å². The molecule has 0 heterocycles. The molecule has 0 aliphatic carbocycles. The van der Waals surface area contributed by atoms with E-state index in [9.17, 15) is 5.11 Å². The van der Waals surface area contributed by atoms with Gasteiger partial charge in [-0.15, -0.1) is 0 Å². The first-order valence-corrected chi connectivity index (χ1v) is 20.2. The highest BCUT2D eigenvalue weighted by atomic mass is 16.6. The highest BCUT2D eigenvalue weighted by Crippen LogP contribution is 2.19. The van der Waals surface area contributed by atoms with Gasteiger partial charge in [0.15, 0.2) is 6.29 Å². The molecule has 0 aliphatic rings. The minimum absolute atomic E-state index is 0.214. The summed E-state index contributed by atoms with van der Waals surface area (Å²) in [6.07, 6.45) is 53.0. The van der Waals surface area contributed by atoms with E-state index in [1.807, 2.05) is 0 Å². The number of hydrogen-bond donors (Lipinski definition) is 1. The van der Waals surface area contributed by atoms with Crippen molar-refractivity contribution >= 4 is 0 Å². The summed E-state index contributed by atoms with van der Waals surface area (Å²) in [5.74, 6) is 0. The van der Waals surface area contributed by atoms with Crippen LogP contribution in [0.5, 0.6) is 0 Å². The van der Waals surface area contributed by atoms with Crippen molar-refractivity contribution in [2.75, 3.05) is 20.6 Å². The van der Waals surface area contributed by atoms with Crippen LogP contribution >= 0.6 is 0 Å². The van der Waals surface area contributed by atoms with Crippen LogP contribution < -0.4 is 0 Å². The van der Waals surface area contributed by atoms with E-state index in [2.05, 4.69) is 81.5 Å². The predicted octanol–water partition coefficient (Wildman–Crippen LogP) is 13.4. The largest absolute Gasteiger partial charge is 0.368 e. The summed E-state index contributed by atoms with van der Waals surface area (Å²) < 4.78 is 6.19. The number of unbranched alkanes of at least 4 members (excludes halogenated alkanes) is 18. The quantitative estimate of drug-likeness (QED) is 0.0419. The fourth-order valence-corrected chi connectivity index (χ4v) is 5.87. The van der Waals surface area contributed by atoms with Gasteiger partial charge in [0, 0.05) is 0 Å². The Morgan fingerprint density at radius 2 is 0.826 bits per heavy atom. The van der Waals surface area contributed by atoms with Gasteiger partial charge < -0.3 is 14.7 Å². The number of nitrogens with zero attached hydrogens (tertiary/aromatic N) is 1. The molecule has 0 rings (SSSR count). The van der Waals surface area contributed by atoms with Gasteiger partial charge in [-0.25, -0.2) is 0 Å². The molecule has 1 N–H and O–H groups in total. The normalized spacial score (nSPS) is 13.3. The molecule has 3 nitrogen and oxygen atoms in total. The lowest BCUT2D eigenvalue weighted by Gasteiger charge is -2.22. The third-order valence-electron chi connectivity index (χ3n) is 8.86. The second kappa shape index (κ2) is 38.3. The number of ether oxygens (including phenoxy) is 1. The zero-order valence-electron chi connectivity index (χ0n) is 31.6. The zero-order chi connectivity index (χ0) is 33.6. The van der Waals surface area contributed by atoms with E-state index >= 15 is 0 Å². The van der Waals surface area contributed by atoms with E-state index in [0.717, 1.165) is 45.1 Å². The van der Waals surface area contributed by atoms with E-state index in [4.69, 9.17) is 4.74 Å². The fraction of sp³-hybridized carbons (Fsp3) is 0.814. The van der Waals surface area contributed by atoms with Crippen molar-refractivity contribution < 1.29 is 9.84 Å². The molecule has 0 aromatic heterocycles. The minimum Gasteiger partial charge on any atom is -0.368 e. The number of allylic oxidation sites excluding steroid dienone is 8. The molecule has 1 unspecified atom stereocenters. The maximum atomic E-state index is 10.5. The molecule has 0 bridgehead atoms. The Hall–Kier alpha value is -1.16. The summed E-state index contributed by atoms with van der Waals surface area (Å²) in [6.45, 7) is 5.53. The predicted molar refractivity (Wildman–Crippen MR) is 207 cm³/mol. The Balaban J connectivity index is 4.01. The van der Waals surface area contributed by atoms with Crippen molar-refractivity contribution in [1.29, 1.82) is 0 Å². The third-order valence-corrected chi connectivity index (χ3v) is 8.86. The molecule has 0 fully saturated rings. The Morgan fingerprint density at radius 3 is 1.22 bits per heavy atom. The maximum Gasteiger partial charge on any atom is 0.154 e. The zero-order valence-corrected chi connectivity index (χ0v) is 31.6. The molecule has 0 aromatic rings. The fourth-order valence-electron chi connectivity index (χ4n) is 5.87. The lowest BCUT2D eigenvalue weighted by atomic mass is 10.0. The first-order valence-electron chi connectivity index (χ1n) is 20.2. The van der Waals surface area contributed by atoms with Crippen LogP contribution in [0.25, 0.3) is 0 Å². The summed E-state index contributed by atoms with van der Waals surface area (Å²) in [6, 6.07) is 0. The van der Waals surface area contributed by atoms with E-state index in [1.54, 1.807) is 0 Å². The smallest absolute Gasteiger partial charge is 0.154 e. The molecular formula is C43H81NO2. The summed E-state index contributed by atoms with van der Waals surface area (Å²) in [4.78, 5) is 2.18. The van der Waals surface area contributed by atoms with E-state index in [0.29, 0.717) is 0 Å². The molecule has 1 atom stereocenters. The minimum atomic E-state index is -0.612. The molecule has 270 valence electrons. The van der Waals surface area contributed by atoms with E-state index < -0.39 is 6.29 Å². The highest BCUT2D eigenvalue weighted by Gasteiger charge is 2.14. The van der Waals surface area contributed by atoms with Crippen molar-refractivity contribution in [3.63, 3.8) is 0 Å². The van der Waals surface area contributed by atoms with Crippen LogP contribution in [0.3, 0.4) is 0 Å². The van der Waals surface area contributed by atoms with Gasteiger partial charge in [0.05, 0.1) is 6.10 Å². The highest BCUT2D eigenvalue weighted by molar-refractivity contribution is 4.93. The van der Waals surface area contributed by atoms with Gasteiger partial charge in [-0.2, -0.15) is 0 Å². The SMILES string of the molecule is CCCCC/C=C\C/C=C\CCCCCCCCC(CCCCCCCC/C=C\C/C=C\CCCCC)OC(O)CCCN(C)C. The van der Waals surface area contributed by atoms with Crippen LogP contribution in [0.1, 0.15) is 194 Å². The summed E-state index contributed by atoms with van der Waals surface area (Å²) >= 11 is 0. The first-order chi connectivity index (χ1) is 22.6. The van der Waals surface area contributed by atoms with Gasteiger partial charge >= 0.3 is 0 Å². The average molecular weight is 644 g/mol. The van der Waals surface area contributed by atoms with Crippen LogP contribution in [0.4, 0.5) is 0 Å². The average Bonchev–Trinajstić information content (AvgIpc) is 3.04. The Kier molecular flexibility index (Phi) is 37.3. The van der Waals surface area contributed by atoms with Gasteiger partial charge in [0.25, 0.3) is 0 Å². The van der Waals surface area contributed by atoms with Crippen molar-refractivity contribution in [2.45, 2.75) is 206 Å².